The maximum absolute atomic E-state index is 6.49. The van der Waals surface area contributed by atoms with Crippen molar-refractivity contribution >= 4 is 43.9 Å². The lowest BCUT2D eigenvalue weighted by atomic mass is 9.66. The molecule has 7 aromatic carbocycles. The van der Waals surface area contributed by atoms with E-state index in [2.05, 4.69) is 91.0 Å². The Morgan fingerprint density at radius 3 is 1.52 bits per heavy atom. The van der Waals surface area contributed by atoms with Crippen molar-refractivity contribution < 1.29 is 8.83 Å². The van der Waals surface area contributed by atoms with Crippen LogP contribution in [0.25, 0.3) is 100 Å². The average Bonchev–Trinajstić information content (AvgIpc) is 3.93. The van der Waals surface area contributed by atoms with Crippen molar-refractivity contribution in [2.75, 3.05) is 0 Å². The van der Waals surface area contributed by atoms with E-state index in [0.717, 1.165) is 60.6 Å². The van der Waals surface area contributed by atoms with Gasteiger partial charge in [-0.1, -0.05) is 147 Å². The maximum atomic E-state index is 6.49. The molecule has 0 radical (unpaired) electrons. The highest BCUT2D eigenvalue weighted by molar-refractivity contribution is 6.10. The van der Waals surface area contributed by atoms with Crippen LogP contribution >= 0.6 is 0 Å². The molecule has 0 saturated heterocycles. The Morgan fingerprint density at radius 1 is 0.375 bits per heavy atom. The molecule has 1 saturated carbocycles. The van der Waals surface area contributed by atoms with Gasteiger partial charge in [0.05, 0.1) is 11.1 Å². The van der Waals surface area contributed by atoms with E-state index in [1.165, 1.54) is 65.5 Å². The van der Waals surface area contributed by atoms with Crippen LogP contribution < -0.4 is 0 Å². The van der Waals surface area contributed by atoms with Gasteiger partial charge >= 0.3 is 0 Å². The fourth-order valence-corrected chi connectivity index (χ4v) is 9.87. The van der Waals surface area contributed by atoms with Gasteiger partial charge in [0.15, 0.2) is 17.5 Å². The van der Waals surface area contributed by atoms with Crippen LogP contribution in [0.15, 0.2) is 160 Å². The minimum atomic E-state index is 0.0623. The Balaban J connectivity index is 1.03. The lowest BCUT2D eigenvalue weighted by Gasteiger charge is -2.37. The summed E-state index contributed by atoms with van der Waals surface area (Å²) < 4.78 is 13.0. The normalized spacial score (nSPS) is 14.6. The molecule has 2 aliphatic rings. The van der Waals surface area contributed by atoms with Gasteiger partial charge in [-0.05, 0) is 70.5 Å². The van der Waals surface area contributed by atoms with Gasteiger partial charge in [-0.25, -0.2) is 15.0 Å². The SMILES string of the molecule is c1ccc2c(c1)-c1cccc(-c3ccc(-c4nc(-c5cccc6c5oc5ccccc56)nc(-c5cccc6c5oc5ccccc56)n4)cc3)c1C21CCCCC1. The molecule has 0 N–H and O–H groups in total. The number of rotatable bonds is 4. The molecule has 2 aliphatic carbocycles. The summed E-state index contributed by atoms with van der Waals surface area (Å²) in [7, 11) is 0. The Hall–Kier alpha value is -6.85. The first-order valence-corrected chi connectivity index (χ1v) is 19.7. The Morgan fingerprint density at radius 2 is 0.857 bits per heavy atom. The molecule has 0 aliphatic heterocycles. The second-order valence-electron chi connectivity index (χ2n) is 15.4. The number of fused-ring (bicyclic) bond motifs is 11. The highest BCUT2D eigenvalue weighted by atomic mass is 16.3. The molecule has 1 fully saturated rings. The zero-order valence-electron chi connectivity index (χ0n) is 30.6. The summed E-state index contributed by atoms with van der Waals surface area (Å²) in [5.41, 5.74) is 14.1. The first-order chi connectivity index (χ1) is 27.7. The third-order valence-electron chi connectivity index (χ3n) is 12.4. The monoisotopic (exact) mass is 721 g/mol. The number of furan rings is 2. The molecule has 266 valence electrons. The van der Waals surface area contributed by atoms with Crippen molar-refractivity contribution in [3.8, 4) is 56.4 Å². The van der Waals surface area contributed by atoms with Gasteiger partial charge in [-0.2, -0.15) is 0 Å². The topological polar surface area (TPSA) is 65.0 Å². The molecule has 5 heteroatoms. The lowest BCUT2D eigenvalue weighted by molar-refractivity contribution is 0.353. The van der Waals surface area contributed by atoms with Gasteiger partial charge in [-0.3, -0.25) is 0 Å². The van der Waals surface area contributed by atoms with Gasteiger partial charge in [0.2, 0.25) is 0 Å². The third kappa shape index (κ3) is 4.58. The third-order valence-corrected chi connectivity index (χ3v) is 12.4. The molecular weight excluding hydrogens is 687 g/mol. The van der Waals surface area contributed by atoms with E-state index in [1.54, 1.807) is 0 Å². The minimum Gasteiger partial charge on any atom is -0.455 e. The molecule has 0 amide bonds. The molecule has 10 aromatic rings. The number of nitrogens with zero attached hydrogens (tertiary/aromatic N) is 3. The lowest BCUT2D eigenvalue weighted by Crippen LogP contribution is -2.28. The summed E-state index contributed by atoms with van der Waals surface area (Å²) in [6.07, 6.45) is 6.21. The van der Waals surface area contributed by atoms with Crippen LogP contribution in [-0.4, -0.2) is 15.0 Å². The summed E-state index contributed by atoms with van der Waals surface area (Å²) in [5.74, 6) is 1.68. The second kappa shape index (κ2) is 12.1. The van der Waals surface area contributed by atoms with Crippen LogP contribution in [0.5, 0.6) is 0 Å². The Kier molecular flexibility index (Phi) is 6.79. The van der Waals surface area contributed by atoms with Crippen LogP contribution in [0.2, 0.25) is 0 Å². The number of benzene rings is 7. The van der Waals surface area contributed by atoms with Crippen LogP contribution in [0.4, 0.5) is 0 Å². The Labute approximate surface area is 323 Å². The van der Waals surface area contributed by atoms with E-state index in [0.29, 0.717) is 17.5 Å². The minimum absolute atomic E-state index is 0.0623. The van der Waals surface area contributed by atoms with Crippen molar-refractivity contribution in [2.24, 2.45) is 0 Å². The highest BCUT2D eigenvalue weighted by Gasteiger charge is 2.45. The van der Waals surface area contributed by atoms with Crippen molar-refractivity contribution in [1.82, 2.24) is 15.0 Å². The number of hydrogen-bond donors (Lipinski definition) is 0. The molecule has 5 nitrogen and oxygen atoms in total. The van der Waals surface area contributed by atoms with Crippen molar-refractivity contribution in [1.29, 1.82) is 0 Å². The maximum Gasteiger partial charge on any atom is 0.167 e. The summed E-state index contributed by atoms with van der Waals surface area (Å²) in [4.78, 5) is 15.5. The quantitative estimate of drug-likeness (QED) is 0.181. The highest BCUT2D eigenvalue weighted by Crippen LogP contribution is 2.58. The van der Waals surface area contributed by atoms with Crippen molar-refractivity contribution in [2.45, 2.75) is 37.5 Å². The first kappa shape index (κ1) is 31.5. The first-order valence-electron chi connectivity index (χ1n) is 19.7. The van der Waals surface area contributed by atoms with E-state index in [9.17, 15) is 0 Å². The van der Waals surface area contributed by atoms with Crippen LogP contribution in [-0.2, 0) is 5.41 Å². The van der Waals surface area contributed by atoms with Gasteiger partial charge in [0.25, 0.3) is 0 Å². The van der Waals surface area contributed by atoms with Crippen molar-refractivity contribution in [3.05, 3.63) is 163 Å². The fourth-order valence-electron chi connectivity index (χ4n) is 9.87. The smallest absolute Gasteiger partial charge is 0.167 e. The summed E-state index contributed by atoms with van der Waals surface area (Å²) in [5, 5.41) is 4.18. The van der Waals surface area contributed by atoms with E-state index in [1.807, 2.05) is 60.7 Å². The van der Waals surface area contributed by atoms with Crippen LogP contribution in [0.1, 0.15) is 43.2 Å². The predicted octanol–water partition coefficient (Wildman–Crippen LogP) is 13.6. The average molecular weight is 722 g/mol. The van der Waals surface area contributed by atoms with E-state index in [-0.39, 0.29) is 5.41 Å². The zero-order valence-corrected chi connectivity index (χ0v) is 30.6. The van der Waals surface area contributed by atoms with E-state index < -0.39 is 0 Å². The number of aromatic nitrogens is 3. The molecule has 0 bridgehead atoms. The standard InChI is InChI=1S/C51H35N3O2/c1-8-29-51(30-9-1)42-22-5-2-13-34(42)37-17-10-16-33(45(37)51)31-25-27-32(28-26-31)48-52-49(40-20-11-18-38-35-14-3-6-23-43(35)55-46(38)40)54-50(53-48)41-21-12-19-39-36-15-4-7-24-44(36)56-47(39)41/h2-7,10-28H,1,8-9,29-30H2. The molecular formula is C51H35N3O2. The van der Waals surface area contributed by atoms with Crippen LogP contribution in [0.3, 0.4) is 0 Å². The molecule has 56 heavy (non-hydrogen) atoms. The van der Waals surface area contributed by atoms with E-state index >= 15 is 0 Å². The molecule has 0 atom stereocenters. The molecule has 3 heterocycles. The number of hydrogen-bond acceptors (Lipinski definition) is 5. The number of para-hydroxylation sites is 4. The van der Waals surface area contributed by atoms with Gasteiger partial charge in [0, 0.05) is 32.5 Å². The van der Waals surface area contributed by atoms with E-state index in [4.69, 9.17) is 23.8 Å². The van der Waals surface area contributed by atoms with Gasteiger partial charge in [-0.15, -0.1) is 0 Å². The second-order valence-corrected chi connectivity index (χ2v) is 15.4. The summed E-state index contributed by atoms with van der Waals surface area (Å²) in [6, 6.07) is 53.4. The predicted molar refractivity (Wildman–Crippen MR) is 225 cm³/mol. The van der Waals surface area contributed by atoms with Crippen LogP contribution in [0, 0.1) is 0 Å². The largest absolute Gasteiger partial charge is 0.455 e. The van der Waals surface area contributed by atoms with Crippen molar-refractivity contribution in [3.63, 3.8) is 0 Å². The summed E-state index contributed by atoms with van der Waals surface area (Å²) >= 11 is 0. The summed E-state index contributed by atoms with van der Waals surface area (Å²) in [6.45, 7) is 0. The van der Waals surface area contributed by atoms with Gasteiger partial charge < -0.3 is 8.83 Å². The molecule has 12 rings (SSSR count). The molecule has 0 unspecified atom stereocenters. The Bertz CT molecular complexity index is 3050. The molecule has 1 spiro atoms. The molecule has 3 aromatic heterocycles. The van der Waals surface area contributed by atoms with Gasteiger partial charge in [0.1, 0.15) is 22.3 Å². The zero-order chi connectivity index (χ0) is 36.8. The fraction of sp³-hybridized carbons (Fsp3) is 0.118.